The summed E-state index contributed by atoms with van der Waals surface area (Å²) >= 11 is 0. The van der Waals surface area contributed by atoms with Crippen LogP contribution in [0.2, 0.25) is 0 Å². The Hall–Kier alpha value is -1.13. The smallest absolute Gasteiger partial charge is 0.113 e. The van der Waals surface area contributed by atoms with Gasteiger partial charge in [-0.05, 0) is 12.1 Å². The zero-order valence-electron chi connectivity index (χ0n) is 7.05. The second-order valence-corrected chi connectivity index (χ2v) is 2.59. The van der Waals surface area contributed by atoms with E-state index >= 15 is 0 Å². The van der Waals surface area contributed by atoms with E-state index in [1.807, 2.05) is 28.9 Å². The summed E-state index contributed by atoms with van der Waals surface area (Å²) in [5.41, 5.74) is 7.39. The first-order chi connectivity index (χ1) is 5.92. The van der Waals surface area contributed by atoms with E-state index in [1.54, 1.807) is 0 Å². The summed E-state index contributed by atoms with van der Waals surface area (Å²) in [5.74, 6) is 0. The molecular formula is C8H11ClN4. The molecule has 0 aliphatic rings. The topological polar surface area (TPSA) is 56.7 Å². The Morgan fingerprint density at radius 1 is 1.31 bits per heavy atom. The number of nitrogens with zero attached hydrogens (tertiary/aromatic N) is 3. The van der Waals surface area contributed by atoms with Crippen LogP contribution in [0.25, 0.3) is 11.0 Å². The first-order valence-corrected chi connectivity index (χ1v) is 3.90. The number of rotatable bonds is 2. The molecule has 13 heavy (non-hydrogen) atoms. The normalized spacial score (nSPS) is 9.92. The molecule has 0 amide bonds. The van der Waals surface area contributed by atoms with E-state index in [0.717, 1.165) is 17.6 Å². The number of fused-ring (bicyclic) bond motifs is 1. The van der Waals surface area contributed by atoms with Gasteiger partial charge in [0.15, 0.2) is 0 Å². The average Bonchev–Trinajstić information content (AvgIpc) is 2.50. The lowest BCUT2D eigenvalue weighted by Crippen LogP contribution is -2.10. The van der Waals surface area contributed by atoms with Crippen LogP contribution < -0.4 is 5.73 Å². The van der Waals surface area contributed by atoms with Crippen LogP contribution in [-0.2, 0) is 6.54 Å². The number of aromatic nitrogens is 3. The fraction of sp³-hybridized carbons (Fsp3) is 0.250. The molecule has 0 radical (unpaired) electrons. The Morgan fingerprint density at radius 3 is 2.85 bits per heavy atom. The van der Waals surface area contributed by atoms with Crippen molar-refractivity contribution in [1.82, 2.24) is 15.0 Å². The molecule has 0 saturated carbocycles. The molecule has 0 fully saturated rings. The molecule has 1 aromatic heterocycles. The van der Waals surface area contributed by atoms with Gasteiger partial charge >= 0.3 is 0 Å². The summed E-state index contributed by atoms with van der Waals surface area (Å²) in [6, 6.07) is 7.85. The van der Waals surface area contributed by atoms with Gasteiger partial charge < -0.3 is 5.73 Å². The van der Waals surface area contributed by atoms with E-state index in [2.05, 4.69) is 10.3 Å². The van der Waals surface area contributed by atoms with Gasteiger partial charge in [0.25, 0.3) is 0 Å². The molecule has 0 saturated heterocycles. The number of hydrogen-bond acceptors (Lipinski definition) is 3. The highest BCUT2D eigenvalue weighted by Gasteiger charge is 2.00. The average molecular weight is 199 g/mol. The van der Waals surface area contributed by atoms with Crippen molar-refractivity contribution >= 4 is 23.4 Å². The second kappa shape index (κ2) is 4.20. The maximum absolute atomic E-state index is 5.42. The quantitative estimate of drug-likeness (QED) is 0.777. The van der Waals surface area contributed by atoms with E-state index in [9.17, 15) is 0 Å². The van der Waals surface area contributed by atoms with E-state index in [1.165, 1.54) is 0 Å². The number of halogens is 1. The van der Waals surface area contributed by atoms with E-state index in [-0.39, 0.29) is 12.4 Å². The van der Waals surface area contributed by atoms with Crippen molar-refractivity contribution in [2.75, 3.05) is 6.54 Å². The fourth-order valence-electron chi connectivity index (χ4n) is 1.20. The summed E-state index contributed by atoms with van der Waals surface area (Å²) in [5, 5.41) is 7.97. The third kappa shape index (κ3) is 1.79. The third-order valence-corrected chi connectivity index (χ3v) is 1.76. The molecule has 5 heteroatoms. The summed E-state index contributed by atoms with van der Waals surface area (Å²) in [4.78, 5) is 0. The molecule has 4 nitrogen and oxygen atoms in total. The summed E-state index contributed by atoms with van der Waals surface area (Å²) in [7, 11) is 0. The minimum absolute atomic E-state index is 0. The van der Waals surface area contributed by atoms with Crippen LogP contribution in [0.1, 0.15) is 0 Å². The zero-order valence-corrected chi connectivity index (χ0v) is 7.87. The van der Waals surface area contributed by atoms with Gasteiger partial charge in [-0.15, -0.1) is 17.5 Å². The molecule has 0 bridgehead atoms. The molecule has 1 aromatic carbocycles. The molecule has 0 aliphatic carbocycles. The first kappa shape index (κ1) is 9.95. The molecule has 0 aliphatic heterocycles. The summed E-state index contributed by atoms with van der Waals surface area (Å²) in [6.45, 7) is 1.31. The summed E-state index contributed by atoms with van der Waals surface area (Å²) < 4.78 is 1.81. The van der Waals surface area contributed by atoms with Crippen molar-refractivity contribution in [3.63, 3.8) is 0 Å². The van der Waals surface area contributed by atoms with Crippen LogP contribution in [0, 0.1) is 0 Å². The van der Waals surface area contributed by atoms with Crippen LogP contribution in [0.5, 0.6) is 0 Å². The minimum Gasteiger partial charge on any atom is -0.329 e. The maximum atomic E-state index is 5.42. The lowest BCUT2D eigenvalue weighted by molar-refractivity contribution is 0.616. The molecule has 0 unspecified atom stereocenters. The van der Waals surface area contributed by atoms with Gasteiger partial charge in [0.1, 0.15) is 5.52 Å². The van der Waals surface area contributed by atoms with Gasteiger partial charge in [-0.25, -0.2) is 4.68 Å². The van der Waals surface area contributed by atoms with Crippen molar-refractivity contribution in [3.8, 4) is 0 Å². The highest BCUT2D eigenvalue weighted by atomic mass is 35.5. The predicted octanol–water partition coefficient (Wildman–Crippen LogP) is 0.812. The van der Waals surface area contributed by atoms with Crippen LogP contribution in [0.4, 0.5) is 0 Å². The minimum atomic E-state index is 0. The van der Waals surface area contributed by atoms with Crippen LogP contribution >= 0.6 is 12.4 Å². The highest BCUT2D eigenvalue weighted by molar-refractivity contribution is 5.85. The van der Waals surface area contributed by atoms with Gasteiger partial charge in [0, 0.05) is 6.54 Å². The lowest BCUT2D eigenvalue weighted by atomic mass is 10.3. The van der Waals surface area contributed by atoms with Gasteiger partial charge in [-0.1, -0.05) is 17.3 Å². The molecule has 0 spiro atoms. The van der Waals surface area contributed by atoms with Gasteiger partial charge in [-0.3, -0.25) is 0 Å². The maximum Gasteiger partial charge on any atom is 0.113 e. The van der Waals surface area contributed by atoms with Crippen molar-refractivity contribution in [2.24, 2.45) is 5.73 Å². The van der Waals surface area contributed by atoms with Crippen molar-refractivity contribution in [2.45, 2.75) is 6.54 Å². The Kier molecular flexibility index (Phi) is 3.22. The van der Waals surface area contributed by atoms with Crippen LogP contribution in [0.15, 0.2) is 24.3 Å². The molecule has 70 valence electrons. The fourth-order valence-corrected chi connectivity index (χ4v) is 1.20. The van der Waals surface area contributed by atoms with E-state index < -0.39 is 0 Å². The molecule has 2 rings (SSSR count). The Morgan fingerprint density at radius 2 is 2.08 bits per heavy atom. The molecular weight excluding hydrogens is 188 g/mol. The Labute approximate surface area is 82.1 Å². The SMILES string of the molecule is Cl.NCCn1nnc2ccccc21. The second-order valence-electron chi connectivity index (χ2n) is 2.59. The number of hydrogen-bond donors (Lipinski definition) is 1. The first-order valence-electron chi connectivity index (χ1n) is 3.90. The molecule has 1 heterocycles. The lowest BCUT2D eigenvalue weighted by Gasteiger charge is -1.96. The van der Waals surface area contributed by atoms with E-state index in [4.69, 9.17) is 5.73 Å². The molecule has 0 atom stereocenters. The van der Waals surface area contributed by atoms with Crippen LogP contribution in [-0.4, -0.2) is 21.5 Å². The van der Waals surface area contributed by atoms with Gasteiger partial charge in [0.2, 0.25) is 0 Å². The van der Waals surface area contributed by atoms with Crippen molar-refractivity contribution in [1.29, 1.82) is 0 Å². The van der Waals surface area contributed by atoms with Gasteiger partial charge in [0.05, 0.1) is 12.1 Å². The largest absolute Gasteiger partial charge is 0.329 e. The molecule has 2 N–H and O–H groups in total. The zero-order chi connectivity index (χ0) is 8.39. The summed E-state index contributed by atoms with van der Waals surface area (Å²) in [6.07, 6.45) is 0. The molecule has 2 aromatic rings. The van der Waals surface area contributed by atoms with E-state index in [0.29, 0.717) is 6.54 Å². The highest BCUT2D eigenvalue weighted by Crippen LogP contribution is 2.08. The number of nitrogens with two attached hydrogens (primary N) is 1. The van der Waals surface area contributed by atoms with Gasteiger partial charge in [-0.2, -0.15) is 0 Å². The monoisotopic (exact) mass is 198 g/mol. The number of benzene rings is 1. The van der Waals surface area contributed by atoms with Crippen molar-refractivity contribution in [3.05, 3.63) is 24.3 Å². The van der Waals surface area contributed by atoms with Crippen molar-refractivity contribution < 1.29 is 0 Å². The Bertz CT molecular complexity index is 384. The van der Waals surface area contributed by atoms with Crippen LogP contribution in [0.3, 0.4) is 0 Å². The number of para-hydroxylation sites is 1. The standard InChI is InChI=1S/C8H10N4.ClH/c9-5-6-12-8-4-2-1-3-7(8)10-11-12;/h1-4H,5-6,9H2;1H. The third-order valence-electron chi connectivity index (χ3n) is 1.76. The Balaban J connectivity index is 0.000000845. The predicted molar refractivity (Wildman–Crippen MR) is 53.8 cm³/mol.